The molecule has 1 aliphatic rings. The lowest BCUT2D eigenvalue weighted by Crippen LogP contribution is -2.27. The van der Waals surface area contributed by atoms with Crippen molar-refractivity contribution in [1.29, 1.82) is 0 Å². The van der Waals surface area contributed by atoms with Gasteiger partial charge < -0.3 is 15.2 Å². The topological polar surface area (TPSA) is 113 Å². The minimum Gasteiger partial charge on any atom is -0.328 e. The largest absolute Gasteiger partial charge is 0.328 e. The van der Waals surface area contributed by atoms with E-state index >= 15 is 0 Å². The van der Waals surface area contributed by atoms with Gasteiger partial charge in [0.25, 0.3) is 0 Å². The van der Waals surface area contributed by atoms with Crippen LogP contribution in [0.4, 0.5) is 11.4 Å². The lowest BCUT2D eigenvalue weighted by Gasteiger charge is -2.15. The highest BCUT2D eigenvalue weighted by Crippen LogP contribution is 2.26. The Morgan fingerprint density at radius 3 is 2.29 bits per heavy atom. The minimum absolute atomic E-state index is 0.148. The Morgan fingerprint density at radius 1 is 1.00 bits per heavy atom. The van der Waals surface area contributed by atoms with Crippen LogP contribution in [0.15, 0.2) is 47.4 Å². The summed E-state index contributed by atoms with van der Waals surface area (Å²) in [6, 6.07) is 12.0. The number of aromatic nitrogens is 2. The first-order valence-electron chi connectivity index (χ1n) is 11.9. The van der Waals surface area contributed by atoms with Gasteiger partial charge in [0, 0.05) is 50.8 Å². The summed E-state index contributed by atoms with van der Waals surface area (Å²) in [4.78, 5) is 28.7. The first-order valence-corrected chi connectivity index (χ1v) is 13.4. The number of fused-ring (bicyclic) bond motifs is 1. The maximum atomic E-state index is 13.0. The Morgan fingerprint density at radius 2 is 1.66 bits per heavy atom. The molecule has 1 fully saturated rings. The number of carbonyl (C=O) groups is 2. The highest BCUT2D eigenvalue weighted by molar-refractivity contribution is 7.89. The first kappa shape index (κ1) is 24.9. The molecule has 1 saturated heterocycles. The molecule has 3 aromatic rings. The summed E-state index contributed by atoms with van der Waals surface area (Å²) >= 11 is 0. The molecule has 10 heteroatoms. The van der Waals surface area contributed by atoms with Crippen molar-refractivity contribution in [3.63, 3.8) is 0 Å². The summed E-state index contributed by atoms with van der Waals surface area (Å²) in [6.45, 7) is 5.35. The third-order valence-corrected chi connectivity index (χ3v) is 7.91. The smallest absolute Gasteiger partial charge is 0.243 e. The third kappa shape index (κ3) is 5.71. The van der Waals surface area contributed by atoms with Gasteiger partial charge >= 0.3 is 0 Å². The van der Waals surface area contributed by atoms with Crippen LogP contribution in [0.3, 0.4) is 0 Å². The van der Waals surface area contributed by atoms with Crippen LogP contribution < -0.4 is 10.6 Å². The molecule has 1 aromatic heterocycles. The molecule has 0 radical (unpaired) electrons. The summed E-state index contributed by atoms with van der Waals surface area (Å²) in [5.74, 6) is 0.455. The number of amides is 2. The summed E-state index contributed by atoms with van der Waals surface area (Å²) in [5.41, 5.74) is 2.80. The van der Waals surface area contributed by atoms with Crippen molar-refractivity contribution in [3.8, 4) is 0 Å². The Hall–Kier alpha value is -3.24. The lowest BCUT2D eigenvalue weighted by atomic mass is 10.2. The highest BCUT2D eigenvalue weighted by Gasteiger charge is 2.27. The van der Waals surface area contributed by atoms with Crippen LogP contribution >= 0.6 is 0 Å². The Bertz CT molecular complexity index is 1330. The predicted molar refractivity (Wildman–Crippen MR) is 136 cm³/mol. The molecule has 0 bridgehead atoms. The number of benzene rings is 2. The van der Waals surface area contributed by atoms with Crippen LogP contribution in [0.5, 0.6) is 0 Å². The van der Waals surface area contributed by atoms with Gasteiger partial charge in [-0.3, -0.25) is 9.59 Å². The fraction of sp³-hybridized carbons (Fsp3) is 0.400. The Kier molecular flexibility index (Phi) is 7.51. The monoisotopic (exact) mass is 497 g/mol. The second kappa shape index (κ2) is 10.6. The van der Waals surface area contributed by atoms with Crippen LogP contribution in [-0.2, 0) is 32.6 Å². The average molecular weight is 498 g/mol. The molecule has 2 aromatic carbocycles. The fourth-order valence-electron chi connectivity index (χ4n) is 4.35. The number of anilines is 2. The number of nitrogens with zero attached hydrogens (tertiary/aromatic N) is 3. The standard InChI is InChI=1S/C25H31N5O4S/c1-3-14-30-23-11-10-21(35(33,34)29-15-4-5-16-29)17-22(23)28-24(30)12-13-25(32)27-20-8-6-19(7-9-20)26-18(2)31/h6-11,17H,3-5,12-16H2,1-2H3,(H,26,31)(H,27,32). The van der Waals surface area contributed by atoms with E-state index < -0.39 is 10.0 Å². The molecule has 1 aliphatic heterocycles. The molecule has 186 valence electrons. The van der Waals surface area contributed by atoms with Gasteiger partial charge in [-0.25, -0.2) is 13.4 Å². The number of carbonyl (C=O) groups excluding carboxylic acids is 2. The van der Waals surface area contributed by atoms with E-state index in [0.29, 0.717) is 36.4 Å². The summed E-state index contributed by atoms with van der Waals surface area (Å²) in [5, 5.41) is 5.55. The van der Waals surface area contributed by atoms with Crippen molar-refractivity contribution in [3.05, 3.63) is 48.3 Å². The minimum atomic E-state index is -3.52. The number of sulfonamides is 1. The molecule has 0 aliphatic carbocycles. The van der Waals surface area contributed by atoms with Gasteiger partial charge in [-0.05, 0) is 61.7 Å². The molecule has 0 unspecified atom stereocenters. The molecular weight excluding hydrogens is 466 g/mol. The second-order valence-electron chi connectivity index (χ2n) is 8.75. The van der Waals surface area contributed by atoms with E-state index in [1.165, 1.54) is 11.2 Å². The number of imidazole rings is 1. The van der Waals surface area contributed by atoms with E-state index in [9.17, 15) is 18.0 Å². The molecule has 4 rings (SSSR count). The van der Waals surface area contributed by atoms with Crippen LogP contribution in [-0.4, -0.2) is 47.2 Å². The number of hydrogen-bond donors (Lipinski definition) is 2. The van der Waals surface area contributed by atoms with Crippen molar-refractivity contribution in [2.75, 3.05) is 23.7 Å². The van der Waals surface area contributed by atoms with Crippen LogP contribution in [0.2, 0.25) is 0 Å². The van der Waals surface area contributed by atoms with E-state index in [0.717, 1.165) is 37.1 Å². The SMILES string of the molecule is CCCn1c(CCC(=O)Nc2ccc(NC(C)=O)cc2)nc2cc(S(=O)(=O)N3CCCC3)ccc21. The highest BCUT2D eigenvalue weighted by atomic mass is 32.2. The molecule has 35 heavy (non-hydrogen) atoms. The van der Waals surface area contributed by atoms with Crippen LogP contribution in [0.1, 0.15) is 45.4 Å². The van der Waals surface area contributed by atoms with Crippen molar-refractivity contribution in [2.45, 2.75) is 57.4 Å². The summed E-state index contributed by atoms with van der Waals surface area (Å²) < 4.78 is 29.6. The Balaban J connectivity index is 1.48. The zero-order valence-electron chi connectivity index (χ0n) is 20.1. The number of aryl methyl sites for hydroxylation is 2. The van der Waals surface area contributed by atoms with Crippen molar-refractivity contribution < 1.29 is 18.0 Å². The maximum Gasteiger partial charge on any atom is 0.243 e. The van der Waals surface area contributed by atoms with Gasteiger partial charge in [0.2, 0.25) is 21.8 Å². The van der Waals surface area contributed by atoms with Crippen LogP contribution in [0.25, 0.3) is 11.0 Å². The van der Waals surface area contributed by atoms with Gasteiger partial charge in [-0.15, -0.1) is 0 Å². The quantitative estimate of drug-likeness (QED) is 0.467. The van der Waals surface area contributed by atoms with Crippen molar-refractivity contribution in [1.82, 2.24) is 13.9 Å². The molecule has 0 saturated carbocycles. The second-order valence-corrected chi connectivity index (χ2v) is 10.7. The molecule has 9 nitrogen and oxygen atoms in total. The maximum absolute atomic E-state index is 13.0. The molecular formula is C25H31N5O4S. The number of nitrogens with one attached hydrogen (secondary N) is 2. The van der Waals surface area contributed by atoms with E-state index in [1.807, 2.05) is 6.07 Å². The van der Waals surface area contributed by atoms with E-state index in [2.05, 4.69) is 22.1 Å². The molecule has 0 atom stereocenters. The predicted octanol–water partition coefficient (Wildman–Crippen LogP) is 3.76. The molecule has 2 N–H and O–H groups in total. The molecule has 2 heterocycles. The average Bonchev–Trinajstić information content (AvgIpc) is 3.48. The molecule has 2 amide bonds. The zero-order chi connectivity index (χ0) is 25.0. The van der Waals surface area contributed by atoms with Crippen LogP contribution in [0, 0.1) is 0 Å². The number of rotatable bonds is 9. The van der Waals surface area contributed by atoms with Gasteiger partial charge in [-0.1, -0.05) is 6.92 Å². The zero-order valence-corrected chi connectivity index (χ0v) is 20.9. The van der Waals surface area contributed by atoms with Gasteiger partial charge in [0.05, 0.1) is 15.9 Å². The molecule has 0 spiro atoms. The first-order chi connectivity index (χ1) is 16.8. The summed E-state index contributed by atoms with van der Waals surface area (Å²) in [7, 11) is -3.52. The van der Waals surface area contributed by atoms with Crippen molar-refractivity contribution in [2.24, 2.45) is 0 Å². The van der Waals surface area contributed by atoms with E-state index in [4.69, 9.17) is 4.98 Å². The van der Waals surface area contributed by atoms with E-state index in [1.54, 1.807) is 36.4 Å². The van der Waals surface area contributed by atoms with E-state index in [-0.39, 0.29) is 23.1 Å². The van der Waals surface area contributed by atoms with Gasteiger partial charge in [-0.2, -0.15) is 4.31 Å². The summed E-state index contributed by atoms with van der Waals surface area (Å²) in [6.07, 6.45) is 3.33. The lowest BCUT2D eigenvalue weighted by molar-refractivity contribution is -0.116. The van der Waals surface area contributed by atoms with Gasteiger partial charge in [0.1, 0.15) is 5.82 Å². The normalized spacial score (nSPS) is 14.3. The Labute approximate surface area is 205 Å². The van der Waals surface area contributed by atoms with Gasteiger partial charge in [0.15, 0.2) is 0 Å². The number of hydrogen-bond acceptors (Lipinski definition) is 5. The third-order valence-electron chi connectivity index (χ3n) is 6.01. The fourth-order valence-corrected chi connectivity index (χ4v) is 5.89. The van der Waals surface area contributed by atoms with Crippen molar-refractivity contribution >= 4 is 44.2 Å².